The average molecular weight is 277 g/mol. The van der Waals surface area contributed by atoms with Crippen molar-refractivity contribution in [3.05, 3.63) is 47.6 Å². The zero-order chi connectivity index (χ0) is 14.5. The van der Waals surface area contributed by atoms with Crippen LogP contribution in [-0.2, 0) is 11.3 Å². The Kier molecular flexibility index (Phi) is 4.09. The second-order valence-corrected chi connectivity index (χ2v) is 4.05. The number of nitrogens with one attached hydrogen (secondary N) is 2. The van der Waals surface area contributed by atoms with Crippen LogP contribution in [0.4, 0.5) is 10.1 Å². The summed E-state index contributed by atoms with van der Waals surface area (Å²) in [5.74, 6) is -0.834. The lowest BCUT2D eigenvalue weighted by molar-refractivity contribution is -0.119. The molecule has 1 heterocycles. The largest absolute Gasteiger partial charge is 0.359 e. The molecule has 2 aromatic rings. The summed E-state index contributed by atoms with van der Waals surface area (Å²) in [5.41, 5.74) is 0.371. The van der Waals surface area contributed by atoms with E-state index in [-0.39, 0.29) is 18.1 Å². The third kappa shape index (κ3) is 3.64. The molecule has 2 rings (SSSR count). The Morgan fingerprint density at radius 2 is 2.15 bits per heavy atom. The lowest BCUT2D eigenvalue weighted by atomic mass is 10.3. The highest BCUT2D eigenvalue weighted by molar-refractivity contribution is 6.02. The van der Waals surface area contributed by atoms with Gasteiger partial charge in [0, 0.05) is 18.7 Å². The monoisotopic (exact) mass is 277 g/mol. The van der Waals surface area contributed by atoms with Crippen LogP contribution in [0, 0.1) is 5.82 Å². The first-order chi connectivity index (χ1) is 9.54. The second kappa shape index (κ2) is 5.96. The number of aromatic nitrogens is 1. The Hall–Kier alpha value is -2.70. The van der Waals surface area contributed by atoms with Crippen LogP contribution in [0.2, 0.25) is 0 Å². The van der Waals surface area contributed by atoms with Crippen LogP contribution in [-0.4, -0.2) is 17.0 Å². The standard InChI is InChI=1S/C13H12FN3O3/c1-8(18)15-7-11-6-12(17-20-11)13(19)16-10-4-2-3-9(14)5-10/h2-6H,7H2,1H3,(H,15,18)(H,16,19). The quantitative estimate of drug-likeness (QED) is 0.890. The van der Waals surface area contributed by atoms with Gasteiger partial charge in [-0.25, -0.2) is 4.39 Å². The summed E-state index contributed by atoms with van der Waals surface area (Å²) in [6, 6.07) is 6.91. The molecule has 0 atom stereocenters. The number of benzene rings is 1. The molecule has 2 N–H and O–H groups in total. The summed E-state index contributed by atoms with van der Waals surface area (Å²) >= 11 is 0. The summed E-state index contributed by atoms with van der Waals surface area (Å²) in [6.07, 6.45) is 0. The third-order valence-corrected chi connectivity index (χ3v) is 2.39. The van der Waals surface area contributed by atoms with Gasteiger partial charge in [0.1, 0.15) is 5.82 Å². The van der Waals surface area contributed by atoms with Crippen molar-refractivity contribution in [2.24, 2.45) is 0 Å². The number of anilines is 1. The van der Waals surface area contributed by atoms with E-state index < -0.39 is 11.7 Å². The van der Waals surface area contributed by atoms with E-state index in [1.165, 1.54) is 31.2 Å². The minimum atomic E-state index is -0.520. The molecule has 104 valence electrons. The molecule has 0 fully saturated rings. The van der Waals surface area contributed by atoms with E-state index in [2.05, 4.69) is 15.8 Å². The molecule has 0 radical (unpaired) electrons. The molecule has 0 aliphatic carbocycles. The van der Waals surface area contributed by atoms with Gasteiger partial charge in [0.25, 0.3) is 5.91 Å². The van der Waals surface area contributed by atoms with Crippen LogP contribution < -0.4 is 10.6 Å². The minimum absolute atomic E-state index is 0.0506. The van der Waals surface area contributed by atoms with Crippen molar-refractivity contribution in [1.29, 1.82) is 0 Å². The summed E-state index contributed by atoms with van der Waals surface area (Å²) < 4.78 is 17.9. The van der Waals surface area contributed by atoms with Gasteiger partial charge >= 0.3 is 0 Å². The molecule has 7 heteroatoms. The van der Waals surface area contributed by atoms with Crippen molar-refractivity contribution in [2.75, 3.05) is 5.32 Å². The Bertz CT molecular complexity index is 639. The first-order valence-electron chi connectivity index (χ1n) is 5.81. The predicted molar refractivity (Wildman–Crippen MR) is 68.4 cm³/mol. The zero-order valence-corrected chi connectivity index (χ0v) is 10.6. The van der Waals surface area contributed by atoms with E-state index in [0.717, 1.165) is 0 Å². The topological polar surface area (TPSA) is 84.2 Å². The Balaban J connectivity index is 2.01. The lowest BCUT2D eigenvalue weighted by Crippen LogP contribution is -2.18. The van der Waals surface area contributed by atoms with Crippen LogP contribution >= 0.6 is 0 Å². The number of carbonyl (C=O) groups is 2. The number of rotatable bonds is 4. The van der Waals surface area contributed by atoms with E-state index in [4.69, 9.17) is 4.52 Å². The lowest BCUT2D eigenvalue weighted by Gasteiger charge is -2.01. The summed E-state index contributed by atoms with van der Waals surface area (Å²) in [7, 11) is 0. The highest BCUT2D eigenvalue weighted by Crippen LogP contribution is 2.11. The van der Waals surface area contributed by atoms with E-state index >= 15 is 0 Å². The molecule has 1 aromatic heterocycles. The van der Waals surface area contributed by atoms with Gasteiger partial charge in [-0.15, -0.1) is 0 Å². The SMILES string of the molecule is CC(=O)NCc1cc(C(=O)Nc2cccc(F)c2)no1. The van der Waals surface area contributed by atoms with Gasteiger partial charge in [0.2, 0.25) is 5.91 Å². The number of halogens is 1. The van der Waals surface area contributed by atoms with E-state index in [9.17, 15) is 14.0 Å². The zero-order valence-electron chi connectivity index (χ0n) is 10.6. The summed E-state index contributed by atoms with van der Waals surface area (Å²) in [5, 5.41) is 8.59. The van der Waals surface area contributed by atoms with E-state index in [1.54, 1.807) is 6.07 Å². The minimum Gasteiger partial charge on any atom is -0.359 e. The van der Waals surface area contributed by atoms with Gasteiger partial charge in [0.05, 0.1) is 6.54 Å². The maximum atomic E-state index is 13.0. The van der Waals surface area contributed by atoms with Crippen LogP contribution in [0.1, 0.15) is 23.2 Å². The van der Waals surface area contributed by atoms with Gasteiger partial charge < -0.3 is 15.2 Å². The smallest absolute Gasteiger partial charge is 0.277 e. The average Bonchev–Trinajstić information content (AvgIpc) is 2.85. The fraction of sp³-hybridized carbons (Fsp3) is 0.154. The Labute approximate surface area is 114 Å². The Morgan fingerprint density at radius 1 is 1.35 bits per heavy atom. The van der Waals surface area contributed by atoms with Crippen LogP contribution in [0.25, 0.3) is 0 Å². The van der Waals surface area contributed by atoms with Crippen molar-refractivity contribution in [3.63, 3.8) is 0 Å². The third-order valence-electron chi connectivity index (χ3n) is 2.39. The van der Waals surface area contributed by atoms with Crippen LogP contribution in [0.5, 0.6) is 0 Å². The molecule has 0 saturated carbocycles. The molecule has 2 amide bonds. The van der Waals surface area contributed by atoms with Crippen molar-refractivity contribution < 1.29 is 18.5 Å². The van der Waals surface area contributed by atoms with Gasteiger partial charge in [-0.2, -0.15) is 0 Å². The number of hydrogen-bond donors (Lipinski definition) is 2. The summed E-state index contributed by atoms with van der Waals surface area (Å²) in [4.78, 5) is 22.6. The molecule has 0 unspecified atom stereocenters. The highest BCUT2D eigenvalue weighted by atomic mass is 19.1. The first-order valence-corrected chi connectivity index (χ1v) is 5.81. The molecule has 0 saturated heterocycles. The molecule has 0 bridgehead atoms. The number of hydrogen-bond acceptors (Lipinski definition) is 4. The van der Waals surface area contributed by atoms with Gasteiger partial charge in [-0.3, -0.25) is 9.59 Å². The molecular weight excluding hydrogens is 265 g/mol. The molecule has 0 spiro atoms. The molecule has 6 nitrogen and oxygen atoms in total. The van der Waals surface area contributed by atoms with Crippen molar-refractivity contribution >= 4 is 17.5 Å². The van der Waals surface area contributed by atoms with Gasteiger partial charge in [0.15, 0.2) is 11.5 Å². The van der Waals surface area contributed by atoms with Crippen molar-refractivity contribution in [1.82, 2.24) is 10.5 Å². The molecule has 0 aliphatic heterocycles. The first kappa shape index (κ1) is 13.7. The highest BCUT2D eigenvalue weighted by Gasteiger charge is 2.13. The maximum Gasteiger partial charge on any atom is 0.277 e. The van der Waals surface area contributed by atoms with Gasteiger partial charge in [-0.1, -0.05) is 11.2 Å². The second-order valence-electron chi connectivity index (χ2n) is 4.05. The van der Waals surface area contributed by atoms with Crippen LogP contribution in [0.3, 0.4) is 0 Å². The fourth-order valence-electron chi connectivity index (χ4n) is 1.48. The number of carbonyl (C=O) groups excluding carboxylic acids is 2. The molecule has 0 aliphatic rings. The number of amides is 2. The molecular formula is C13H12FN3O3. The maximum absolute atomic E-state index is 13.0. The fourth-order valence-corrected chi connectivity index (χ4v) is 1.48. The van der Waals surface area contributed by atoms with Gasteiger partial charge in [-0.05, 0) is 18.2 Å². The van der Waals surface area contributed by atoms with Crippen molar-refractivity contribution in [2.45, 2.75) is 13.5 Å². The van der Waals surface area contributed by atoms with E-state index in [0.29, 0.717) is 11.4 Å². The van der Waals surface area contributed by atoms with E-state index in [1.807, 2.05) is 0 Å². The number of nitrogens with zero attached hydrogens (tertiary/aromatic N) is 1. The molecule has 1 aromatic carbocycles. The van der Waals surface area contributed by atoms with Crippen molar-refractivity contribution in [3.8, 4) is 0 Å². The Morgan fingerprint density at radius 3 is 2.85 bits per heavy atom. The normalized spacial score (nSPS) is 10.1. The van der Waals surface area contributed by atoms with Crippen LogP contribution in [0.15, 0.2) is 34.9 Å². The predicted octanol–water partition coefficient (Wildman–Crippen LogP) is 1.70. The summed E-state index contributed by atoms with van der Waals surface area (Å²) in [6.45, 7) is 1.52. The molecule has 20 heavy (non-hydrogen) atoms.